The topological polar surface area (TPSA) is 97.0 Å². The molecule has 1 aromatic carbocycles. The highest BCUT2D eigenvalue weighted by molar-refractivity contribution is 7.89. The zero-order valence-corrected chi connectivity index (χ0v) is 15.7. The Balaban J connectivity index is 1.59. The summed E-state index contributed by atoms with van der Waals surface area (Å²) in [7, 11) is -3.59. The van der Waals surface area contributed by atoms with Gasteiger partial charge in [0.25, 0.3) is 0 Å². The van der Waals surface area contributed by atoms with Crippen molar-refractivity contribution in [3.05, 3.63) is 23.8 Å². The van der Waals surface area contributed by atoms with Gasteiger partial charge in [-0.15, -0.1) is 0 Å². The number of esters is 1. The third-order valence-electron chi connectivity index (χ3n) is 4.50. The summed E-state index contributed by atoms with van der Waals surface area (Å²) in [5, 5.41) is 3.27. The third kappa shape index (κ3) is 4.53. The monoisotopic (exact) mass is 383 g/mol. The molecule has 2 N–H and O–H groups in total. The quantitative estimate of drug-likeness (QED) is 0.626. The smallest absolute Gasteiger partial charge is 0.347 e. The van der Waals surface area contributed by atoms with Gasteiger partial charge in [0.1, 0.15) is 5.75 Å². The summed E-state index contributed by atoms with van der Waals surface area (Å²) in [6.45, 7) is 6.77. The molecule has 8 nitrogen and oxygen atoms in total. The number of benzene rings is 1. The summed E-state index contributed by atoms with van der Waals surface area (Å²) >= 11 is 0. The number of ether oxygens (including phenoxy) is 2. The SMILES string of the molecule is CCOC(=O)C1Cc2cc(S(=O)(=O)NCCN3CCNCC3)ccc2O1. The molecule has 0 radical (unpaired) electrons. The van der Waals surface area contributed by atoms with E-state index in [1.807, 2.05) is 0 Å². The lowest BCUT2D eigenvalue weighted by Crippen LogP contribution is -2.46. The molecule has 9 heteroatoms. The number of piperazine rings is 1. The molecule has 2 heterocycles. The number of nitrogens with one attached hydrogen (secondary N) is 2. The number of nitrogens with zero attached hydrogens (tertiary/aromatic N) is 1. The van der Waals surface area contributed by atoms with E-state index in [0.29, 0.717) is 30.8 Å². The second-order valence-corrected chi connectivity index (χ2v) is 8.09. The molecule has 2 aliphatic rings. The highest BCUT2D eigenvalue weighted by Gasteiger charge is 2.31. The van der Waals surface area contributed by atoms with E-state index in [2.05, 4.69) is 14.9 Å². The molecule has 1 aromatic rings. The Morgan fingerprint density at radius 2 is 2.15 bits per heavy atom. The van der Waals surface area contributed by atoms with Crippen molar-refractivity contribution in [2.75, 3.05) is 45.9 Å². The predicted octanol–water partition coefficient (Wildman–Crippen LogP) is -0.263. The molecule has 1 atom stereocenters. The van der Waals surface area contributed by atoms with Crippen LogP contribution in [-0.2, 0) is 26.0 Å². The first kappa shape index (κ1) is 19.1. The Hall–Kier alpha value is -1.68. The number of fused-ring (bicyclic) bond motifs is 1. The molecular weight excluding hydrogens is 358 g/mol. The Morgan fingerprint density at radius 1 is 1.38 bits per heavy atom. The molecule has 1 fully saturated rings. The number of hydrogen-bond donors (Lipinski definition) is 2. The largest absolute Gasteiger partial charge is 0.478 e. The van der Waals surface area contributed by atoms with Gasteiger partial charge in [0.2, 0.25) is 10.0 Å². The van der Waals surface area contributed by atoms with Crippen molar-refractivity contribution < 1.29 is 22.7 Å². The van der Waals surface area contributed by atoms with Crippen LogP contribution in [0.15, 0.2) is 23.1 Å². The van der Waals surface area contributed by atoms with Crippen LogP contribution in [0.1, 0.15) is 12.5 Å². The van der Waals surface area contributed by atoms with Crippen LogP contribution in [-0.4, -0.2) is 71.3 Å². The fraction of sp³-hybridized carbons (Fsp3) is 0.588. The van der Waals surface area contributed by atoms with Crippen molar-refractivity contribution in [2.24, 2.45) is 0 Å². The fourth-order valence-electron chi connectivity index (χ4n) is 3.11. The average Bonchev–Trinajstić information content (AvgIpc) is 3.06. The average molecular weight is 383 g/mol. The molecule has 26 heavy (non-hydrogen) atoms. The van der Waals surface area contributed by atoms with Crippen LogP contribution >= 0.6 is 0 Å². The molecule has 0 amide bonds. The first-order valence-corrected chi connectivity index (χ1v) is 10.4. The second kappa shape index (κ2) is 8.34. The van der Waals surface area contributed by atoms with Crippen LogP contribution < -0.4 is 14.8 Å². The number of carbonyl (C=O) groups excluding carboxylic acids is 1. The van der Waals surface area contributed by atoms with E-state index in [1.54, 1.807) is 19.1 Å². The van der Waals surface area contributed by atoms with E-state index < -0.39 is 22.1 Å². The summed E-state index contributed by atoms with van der Waals surface area (Å²) in [6.07, 6.45) is -0.387. The van der Waals surface area contributed by atoms with Crippen molar-refractivity contribution in [3.8, 4) is 5.75 Å². The maximum atomic E-state index is 12.5. The molecule has 1 unspecified atom stereocenters. The van der Waals surface area contributed by atoms with Crippen molar-refractivity contribution in [3.63, 3.8) is 0 Å². The Kier molecular flexibility index (Phi) is 6.13. The van der Waals surface area contributed by atoms with Crippen molar-refractivity contribution in [1.29, 1.82) is 0 Å². The van der Waals surface area contributed by atoms with Crippen LogP contribution in [0.3, 0.4) is 0 Å². The van der Waals surface area contributed by atoms with Gasteiger partial charge in [-0.1, -0.05) is 0 Å². The van der Waals surface area contributed by atoms with E-state index in [4.69, 9.17) is 9.47 Å². The minimum Gasteiger partial charge on any atom is -0.478 e. The molecule has 0 aliphatic carbocycles. The van der Waals surface area contributed by atoms with Gasteiger partial charge >= 0.3 is 5.97 Å². The molecule has 1 saturated heterocycles. The van der Waals surface area contributed by atoms with E-state index >= 15 is 0 Å². The molecular formula is C17H25N3O5S. The predicted molar refractivity (Wildman–Crippen MR) is 95.7 cm³/mol. The van der Waals surface area contributed by atoms with E-state index in [1.165, 1.54) is 6.07 Å². The lowest BCUT2D eigenvalue weighted by Gasteiger charge is -2.27. The van der Waals surface area contributed by atoms with Gasteiger partial charge < -0.3 is 14.8 Å². The van der Waals surface area contributed by atoms with Crippen molar-refractivity contribution in [2.45, 2.75) is 24.3 Å². The Morgan fingerprint density at radius 3 is 2.88 bits per heavy atom. The molecule has 2 aliphatic heterocycles. The number of carbonyl (C=O) groups is 1. The third-order valence-corrected chi connectivity index (χ3v) is 5.95. The normalized spacial score (nSPS) is 20.4. The van der Waals surface area contributed by atoms with Gasteiger partial charge in [0.05, 0.1) is 11.5 Å². The Labute approximate surface area is 153 Å². The fourth-order valence-corrected chi connectivity index (χ4v) is 4.19. The van der Waals surface area contributed by atoms with Gasteiger partial charge in [-0.3, -0.25) is 4.90 Å². The summed E-state index contributed by atoms with van der Waals surface area (Å²) in [5.74, 6) is 0.102. The van der Waals surface area contributed by atoms with Gasteiger partial charge in [0, 0.05) is 45.7 Å². The van der Waals surface area contributed by atoms with Crippen molar-refractivity contribution in [1.82, 2.24) is 14.9 Å². The molecule has 3 rings (SSSR count). The lowest BCUT2D eigenvalue weighted by atomic mass is 10.1. The zero-order valence-electron chi connectivity index (χ0n) is 14.9. The standard InChI is InChI=1S/C17H25N3O5S/c1-2-24-17(21)16-12-13-11-14(3-4-15(13)25-16)26(22,23)19-7-10-20-8-5-18-6-9-20/h3-4,11,16,18-19H,2,5-10,12H2,1H3. The maximum absolute atomic E-state index is 12.5. The van der Waals surface area contributed by atoms with Crippen LogP contribution in [0.25, 0.3) is 0 Å². The first-order valence-electron chi connectivity index (χ1n) is 8.88. The van der Waals surface area contributed by atoms with E-state index in [0.717, 1.165) is 26.2 Å². The molecule has 0 bridgehead atoms. The van der Waals surface area contributed by atoms with E-state index in [9.17, 15) is 13.2 Å². The zero-order chi connectivity index (χ0) is 18.6. The van der Waals surface area contributed by atoms with Crippen LogP contribution in [0.5, 0.6) is 5.75 Å². The van der Waals surface area contributed by atoms with Gasteiger partial charge in [-0.05, 0) is 30.7 Å². The number of rotatable bonds is 7. The molecule has 144 valence electrons. The number of hydrogen-bond acceptors (Lipinski definition) is 7. The lowest BCUT2D eigenvalue weighted by molar-refractivity contribution is -0.150. The second-order valence-electron chi connectivity index (χ2n) is 6.32. The highest BCUT2D eigenvalue weighted by Crippen LogP contribution is 2.31. The summed E-state index contributed by atoms with van der Waals surface area (Å²) in [4.78, 5) is 14.2. The molecule has 0 spiro atoms. The van der Waals surface area contributed by atoms with Crippen LogP contribution in [0.2, 0.25) is 0 Å². The minimum absolute atomic E-state index is 0.185. The summed E-state index contributed by atoms with van der Waals surface area (Å²) in [6, 6.07) is 4.67. The summed E-state index contributed by atoms with van der Waals surface area (Å²) in [5.41, 5.74) is 0.702. The first-order chi connectivity index (χ1) is 12.5. The van der Waals surface area contributed by atoms with Crippen molar-refractivity contribution >= 4 is 16.0 Å². The molecule has 0 saturated carbocycles. The van der Waals surface area contributed by atoms with Gasteiger partial charge in [-0.25, -0.2) is 17.9 Å². The molecule has 0 aromatic heterocycles. The maximum Gasteiger partial charge on any atom is 0.347 e. The minimum atomic E-state index is -3.59. The summed E-state index contributed by atoms with van der Waals surface area (Å²) < 4.78 is 38.2. The van der Waals surface area contributed by atoms with E-state index in [-0.39, 0.29) is 11.5 Å². The van der Waals surface area contributed by atoms with Crippen LogP contribution in [0.4, 0.5) is 0 Å². The van der Waals surface area contributed by atoms with Crippen LogP contribution in [0, 0.1) is 0 Å². The Bertz CT molecular complexity index is 747. The number of sulfonamides is 1. The van der Waals surface area contributed by atoms with Gasteiger partial charge in [-0.2, -0.15) is 0 Å². The highest BCUT2D eigenvalue weighted by atomic mass is 32.2. The van der Waals surface area contributed by atoms with Gasteiger partial charge in [0.15, 0.2) is 6.10 Å².